The Morgan fingerprint density at radius 1 is 1.26 bits per heavy atom. The lowest BCUT2D eigenvalue weighted by Crippen LogP contribution is -2.39. The van der Waals surface area contributed by atoms with E-state index in [0.717, 1.165) is 18.4 Å². The van der Waals surface area contributed by atoms with E-state index in [4.69, 9.17) is 9.47 Å². The average Bonchev–Trinajstić information content (AvgIpc) is 2.41. The normalized spacial score (nSPS) is 25.3. The minimum atomic E-state index is -0.320. The first-order valence-electron chi connectivity index (χ1n) is 6.83. The summed E-state index contributed by atoms with van der Waals surface area (Å²) in [5.74, 6) is 2.11. The molecular weight excluding hydrogens is 238 g/mol. The fourth-order valence-corrected chi connectivity index (χ4v) is 3.06. The van der Waals surface area contributed by atoms with Gasteiger partial charge in [0.15, 0.2) is 11.5 Å². The van der Waals surface area contributed by atoms with Crippen LogP contribution in [0.15, 0.2) is 18.2 Å². The van der Waals surface area contributed by atoms with E-state index in [2.05, 4.69) is 13.0 Å². The second kappa shape index (κ2) is 5.52. The number of benzene rings is 1. The molecule has 0 unspecified atom stereocenters. The lowest BCUT2D eigenvalue weighted by molar-refractivity contribution is 0.184. The number of methoxy groups -OCH3 is 2. The third-order valence-electron chi connectivity index (χ3n) is 4.12. The second-order valence-electron chi connectivity index (χ2n) is 5.33. The van der Waals surface area contributed by atoms with Gasteiger partial charge in [0.2, 0.25) is 0 Å². The second-order valence-corrected chi connectivity index (χ2v) is 5.33. The summed E-state index contributed by atoms with van der Waals surface area (Å²) in [7, 11) is 3.25. The molecule has 1 aromatic carbocycles. The Morgan fingerprint density at radius 3 is 2.47 bits per heavy atom. The highest BCUT2D eigenvalue weighted by molar-refractivity contribution is 5.48. The largest absolute Gasteiger partial charge is 0.493 e. The zero-order chi connectivity index (χ0) is 13.9. The summed E-state index contributed by atoms with van der Waals surface area (Å²) in [5.41, 5.74) is 0.736. The molecule has 1 aromatic rings. The minimum absolute atomic E-state index is 0.320. The Morgan fingerprint density at radius 2 is 1.95 bits per heavy atom. The van der Waals surface area contributed by atoms with Crippen molar-refractivity contribution in [2.24, 2.45) is 5.92 Å². The van der Waals surface area contributed by atoms with Crippen molar-refractivity contribution in [3.05, 3.63) is 23.8 Å². The predicted octanol–water partition coefficient (Wildman–Crippen LogP) is 3.68. The van der Waals surface area contributed by atoms with Gasteiger partial charge in [-0.3, -0.25) is 0 Å². The van der Waals surface area contributed by atoms with E-state index in [9.17, 15) is 5.26 Å². The summed E-state index contributed by atoms with van der Waals surface area (Å²) in [6.45, 7) is 2.20. The molecule has 19 heavy (non-hydrogen) atoms. The third-order valence-corrected chi connectivity index (χ3v) is 4.12. The van der Waals surface area contributed by atoms with Crippen molar-refractivity contribution in [1.82, 2.24) is 0 Å². The van der Waals surface area contributed by atoms with Crippen LogP contribution in [0.1, 0.15) is 38.2 Å². The van der Waals surface area contributed by atoms with Gasteiger partial charge in [-0.2, -0.15) is 5.26 Å². The van der Waals surface area contributed by atoms with Crippen LogP contribution in [0.4, 0.5) is 0 Å². The average molecular weight is 259 g/mol. The van der Waals surface area contributed by atoms with E-state index in [0.29, 0.717) is 17.4 Å². The van der Waals surface area contributed by atoms with Gasteiger partial charge < -0.3 is 9.47 Å². The first-order chi connectivity index (χ1) is 9.19. The van der Waals surface area contributed by atoms with Crippen molar-refractivity contribution in [1.29, 1.82) is 5.26 Å². The van der Waals surface area contributed by atoms with Gasteiger partial charge in [0.25, 0.3) is 0 Å². The van der Waals surface area contributed by atoms with E-state index < -0.39 is 0 Å². The predicted molar refractivity (Wildman–Crippen MR) is 74.5 cm³/mol. The molecule has 0 atom stereocenters. The van der Waals surface area contributed by atoms with Crippen molar-refractivity contribution < 1.29 is 9.47 Å². The number of rotatable bonds is 5. The van der Waals surface area contributed by atoms with Crippen LogP contribution in [0.5, 0.6) is 11.5 Å². The van der Waals surface area contributed by atoms with Gasteiger partial charge in [0, 0.05) is 0 Å². The molecule has 2 rings (SSSR count). The Balaban J connectivity index is 2.24. The third kappa shape index (κ3) is 2.40. The molecule has 0 heterocycles. The fourth-order valence-electron chi connectivity index (χ4n) is 3.06. The molecule has 0 bridgehead atoms. The highest BCUT2D eigenvalue weighted by Crippen LogP contribution is 2.50. The van der Waals surface area contributed by atoms with Crippen LogP contribution in [0.25, 0.3) is 0 Å². The molecule has 0 spiro atoms. The first kappa shape index (κ1) is 13.7. The van der Waals surface area contributed by atoms with Crippen LogP contribution in [0.2, 0.25) is 0 Å². The highest BCUT2D eigenvalue weighted by atomic mass is 16.5. The molecule has 102 valence electrons. The highest BCUT2D eigenvalue weighted by Gasteiger charge is 2.45. The van der Waals surface area contributed by atoms with Crippen molar-refractivity contribution in [3.8, 4) is 17.6 Å². The summed E-state index contributed by atoms with van der Waals surface area (Å²) < 4.78 is 10.6. The standard InChI is InChI=1S/C16H21NO2/c1-4-5-12-9-16(10-12,11-17)13-6-7-14(18-2)15(8-13)19-3/h6-8,12H,4-5,9-10H2,1-3H3. The van der Waals surface area contributed by atoms with E-state index >= 15 is 0 Å². The van der Waals surface area contributed by atoms with Gasteiger partial charge in [-0.1, -0.05) is 25.8 Å². The van der Waals surface area contributed by atoms with E-state index in [1.165, 1.54) is 12.8 Å². The maximum atomic E-state index is 9.54. The SMILES string of the molecule is CCCC1CC(C#N)(c2ccc(OC)c(OC)c2)C1. The monoisotopic (exact) mass is 259 g/mol. The Labute approximate surface area is 115 Å². The summed E-state index contributed by atoms with van der Waals surface area (Å²) >= 11 is 0. The lowest BCUT2D eigenvalue weighted by atomic mass is 9.58. The minimum Gasteiger partial charge on any atom is -0.493 e. The molecule has 1 fully saturated rings. The van der Waals surface area contributed by atoms with E-state index in [1.54, 1.807) is 14.2 Å². The number of nitriles is 1. The molecule has 1 aliphatic carbocycles. The maximum Gasteiger partial charge on any atom is 0.161 e. The molecule has 0 N–H and O–H groups in total. The van der Waals surface area contributed by atoms with Crippen molar-refractivity contribution in [2.45, 2.75) is 38.0 Å². The zero-order valence-electron chi connectivity index (χ0n) is 11.9. The van der Waals surface area contributed by atoms with Crippen LogP contribution < -0.4 is 9.47 Å². The number of ether oxygens (including phenoxy) is 2. The Hall–Kier alpha value is -1.69. The summed E-state index contributed by atoms with van der Waals surface area (Å²) in [6, 6.07) is 8.34. The van der Waals surface area contributed by atoms with Crippen molar-refractivity contribution in [2.75, 3.05) is 14.2 Å². The fraction of sp³-hybridized carbons (Fsp3) is 0.562. The molecule has 0 aliphatic heterocycles. The Kier molecular flexibility index (Phi) is 3.99. The smallest absolute Gasteiger partial charge is 0.161 e. The quantitative estimate of drug-likeness (QED) is 0.810. The van der Waals surface area contributed by atoms with E-state index in [-0.39, 0.29) is 5.41 Å². The van der Waals surface area contributed by atoms with Crippen molar-refractivity contribution in [3.63, 3.8) is 0 Å². The van der Waals surface area contributed by atoms with Gasteiger partial charge >= 0.3 is 0 Å². The topological polar surface area (TPSA) is 42.2 Å². The van der Waals surface area contributed by atoms with Crippen molar-refractivity contribution >= 4 is 0 Å². The zero-order valence-corrected chi connectivity index (χ0v) is 11.9. The number of hydrogen-bond acceptors (Lipinski definition) is 3. The van der Waals surface area contributed by atoms with Gasteiger partial charge in [-0.05, 0) is 36.5 Å². The van der Waals surface area contributed by atoms with Crippen LogP contribution in [-0.2, 0) is 5.41 Å². The van der Waals surface area contributed by atoms with Gasteiger partial charge in [-0.15, -0.1) is 0 Å². The Bertz CT molecular complexity index is 484. The van der Waals surface area contributed by atoms with Gasteiger partial charge in [-0.25, -0.2) is 0 Å². The molecule has 1 aliphatic rings. The molecule has 0 radical (unpaired) electrons. The molecule has 0 amide bonds. The lowest BCUT2D eigenvalue weighted by Gasteiger charge is -2.43. The van der Waals surface area contributed by atoms with Gasteiger partial charge in [0.1, 0.15) is 0 Å². The van der Waals surface area contributed by atoms with Crippen LogP contribution in [0, 0.1) is 17.2 Å². The summed E-state index contributed by atoms with van der Waals surface area (Å²) in [5, 5.41) is 9.54. The molecule has 0 aromatic heterocycles. The van der Waals surface area contributed by atoms with Crippen LogP contribution in [0.3, 0.4) is 0 Å². The summed E-state index contributed by atoms with van der Waals surface area (Å²) in [6.07, 6.45) is 4.34. The number of hydrogen-bond donors (Lipinski definition) is 0. The molecule has 1 saturated carbocycles. The van der Waals surface area contributed by atoms with Crippen LogP contribution in [-0.4, -0.2) is 14.2 Å². The molecule has 3 heteroatoms. The number of nitrogens with zero attached hydrogens (tertiary/aromatic N) is 1. The van der Waals surface area contributed by atoms with Gasteiger partial charge in [0.05, 0.1) is 25.7 Å². The van der Waals surface area contributed by atoms with E-state index in [1.807, 2.05) is 18.2 Å². The molecule has 0 saturated heterocycles. The summed E-state index contributed by atoms with van der Waals surface area (Å²) in [4.78, 5) is 0. The molecular formula is C16H21NO2. The molecule has 3 nitrogen and oxygen atoms in total. The first-order valence-corrected chi connectivity index (χ1v) is 6.83. The van der Waals surface area contributed by atoms with Crippen LogP contribution >= 0.6 is 0 Å². The maximum absolute atomic E-state index is 9.54.